The minimum atomic E-state index is 0.00846. The zero-order chi connectivity index (χ0) is 27.2. The molecule has 6 nitrogen and oxygen atoms in total. The first-order chi connectivity index (χ1) is 18.1. The van der Waals surface area contributed by atoms with E-state index in [9.17, 15) is 9.59 Å². The highest BCUT2D eigenvalue weighted by molar-refractivity contribution is 5.29. The van der Waals surface area contributed by atoms with E-state index in [0.717, 1.165) is 50.2 Å². The maximum atomic E-state index is 11.8. The largest absolute Gasteiger partial charge is 0.326 e. The summed E-state index contributed by atoms with van der Waals surface area (Å²) in [5.41, 5.74) is 5.23. The molecule has 0 unspecified atom stereocenters. The maximum absolute atomic E-state index is 11.8. The molecule has 0 fully saturated rings. The fourth-order valence-electron chi connectivity index (χ4n) is 6.66. The quantitative estimate of drug-likeness (QED) is 0.240. The van der Waals surface area contributed by atoms with Gasteiger partial charge in [0, 0.05) is 35.6 Å². The summed E-state index contributed by atoms with van der Waals surface area (Å²) in [6, 6.07) is 8.06. The van der Waals surface area contributed by atoms with E-state index in [-0.39, 0.29) is 21.9 Å². The Kier molecular flexibility index (Phi) is 9.69. The third-order valence-corrected chi connectivity index (χ3v) is 8.53. The Morgan fingerprint density at radius 2 is 1.00 bits per heavy atom. The Morgan fingerprint density at radius 1 is 0.632 bits per heavy atom. The molecule has 0 bridgehead atoms. The molecule has 2 aromatic rings. The van der Waals surface area contributed by atoms with Crippen molar-refractivity contribution in [3.05, 3.63) is 67.5 Å². The summed E-state index contributed by atoms with van der Waals surface area (Å²) in [5, 5.41) is 7.55. The average molecular weight is 523 g/mol. The van der Waals surface area contributed by atoms with Crippen LogP contribution in [0.15, 0.2) is 33.9 Å². The summed E-state index contributed by atoms with van der Waals surface area (Å²) in [6.45, 7) is 11.3. The molecule has 0 aliphatic heterocycles. The number of hydrogen-bond acceptors (Lipinski definition) is 4. The van der Waals surface area contributed by atoms with E-state index in [2.05, 4.69) is 48.3 Å². The second kappa shape index (κ2) is 12.8. The van der Waals surface area contributed by atoms with E-state index in [4.69, 9.17) is 0 Å². The van der Waals surface area contributed by atoms with Crippen LogP contribution in [0.25, 0.3) is 0 Å². The van der Waals surface area contributed by atoms with Crippen LogP contribution in [0.1, 0.15) is 127 Å². The third-order valence-electron chi connectivity index (χ3n) is 8.53. The van der Waals surface area contributed by atoms with E-state index < -0.39 is 0 Å². The Labute approximate surface area is 228 Å². The lowest BCUT2D eigenvalue weighted by atomic mass is 9.74. The molecule has 38 heavy (non-hydrogen) atoms. The SMILES string of the molecule is CC1(C)Cc2[nH]c(=O)ccc2[C@@H](NCCCCCCCCCCN[C@H]2CC(C)(C)Cc3[nH]c(=O)ccc32)C1. The first-order valence-electron chi connectivity index (χ1n) is 15.0. The smallest absolute Gasteiger partial charge is 0.248 e. The van der Waals surface area contributed by atoms with Crippen LogP contribution in [0.4, 0.5) is 0 Å². The molecule has 4 rings (SSSR count). The van der Waals surface area contributed by atoms with Crippen LogP contribution in [0.2, 0.25) is 0 Å². The number of pyridine rings is 2. The topological polar surface area (TPSA) is 89.8 Å². The number of aromatic nitrogens is 2. The molecule has 0 aromatic carbocycles. The Balaban J connectivity index is 1.05. The van der Waals surface area contributed by atoms with Crippen LogP contribution >= 0.6 is 0 Å². The summed E-state index contributed by atoms with van der Waals surface area (Å²) < 4.78 is 0. The van der Waals surface area contributed by atoms with Crippen LogP contribution in [0, 0.1) is 10.8 Å². The van der Waals surface area contributed by atoms with Crippen LogP contribution in [0.3, 0.4) is 0 Å². The highest BCUT2D eigenvalue weighted by atomic mass is 16.1. The molecule has 2 heterocycles. The van der Waals surface area contributed by atoms with Crippen molar-refractivity contribution < 1.29 is 0 Å². The number of hydrogen-bond donors (Lipinski definition) is 4. The van der Waals surface area contributed by atoms with Crippen molar-refractivity contribution in [2.45, 2.75) is 117 Å². The highest BCUT2D eigenvalue weighted by Gasteiger charge is 2.33. The van der Waals surface area contributed by atoms with Gasteiger partial charge in [0.15, 0.2) is 0 Å². The molecule has 0 amide bonds. The van der Waals surface area contributed by atoms with Gasteiger partial charge in [-0.25, -0.2) is 0 Å². The molecular formula is C32H50N4O2. The summed E-state index contributed by atoms with van der Waals surface area (Å²) in [5.74, 6) is 0. The first-order valence-corrected chi connectivity index (χ1v) is 15.0. The molecule has 2 aliphatic carbocycles. The van der Waals surface area contributed by atoms with Gasteiger partial charge in [-0.2, -0.15) is 0 Å². The van der Waals surface area contributed by atoms with Gasteiger partial charge in [-0.1, -0.05) is 78.4 Å². The molecule has 0 spiro atoms. The van der Waals surface area contributed by atoms with E-state index in [1.807, 2.05) is 12.1 Å². The number of rotatable bonds is 13. The summed E-state index contributed by atoms with van der Waals surface area (Å²) in [4.78, 5) is 29.7. The standard InChI is InChI=1S/C32H50N4O2/c1-31(2)19-25(23-13-15-29(37)35-27(23)21-31)33-17-11-9-7-5-6-8-10-12-18-34-26-20-32(3,4)22-28-24(26)14-16-30(38)36-28/h13-16,25-26,33-34H,5-12,17-22H2,1-4H3,(H,35,37)(H,36,38)/t25-,26-/m0/s1. The minimum absolute atomic E-state index is 0.00846. The van der Waals surface area contributed by atoms with E-state index in [1.165, 1.54) is 62.5 Å². The van der Waals surface area contributed by atoms with Gasteiger partial charge in [0.05, 0.1) is 0 Å². The zero-order valence-corrected chi connectivity index (χ0v) is 24.2. The highest BCUT2D eigenvalue weighted by Crippen LogP contribution is 2.40. The fourth-order valence-corrected chi connectivity index (χ4v) is 6.66. The number of unbranched alkanes of at least 4 members (excludes halogenated alkanes) is 7. The van der Waals surface area contributed by atoms with E-state index in [0.29, 0.717) is 12.1 Å². The molecule has 0 radical (unpaired) electrons. The van der Waals surface area contributed by atoms with Crippen molar-refractivity contribution >= 4 is 0 Å². The second-order valence-corrected chi connectivity index (χ2v) is 13.4. The molecule has 210 valence electrons. The van der Waals surface area contributed by atoms with Crippen molar-refractivity contribution in [2.24, 2.45) is 10.8 Å². The summed E-state index contributed by atoms with van der Waals surface area (Å²) in [6.07, 6.45) is 14.4. The molecule has 2 aromatic heterocycles. The predicted octanol–water partition coefficient (Wildman–Crippen LogP) is 6.09. The van der Waals surface area contributed by atoms with Crippen LogP contribution in [-0.2, 0) is 12.8 Å². The number of nitrogens with one attached hydrogen (secondary N) is 4. The average Bonchev–Trinajstić information content (AvgIpc) is 2.82. The Morgan fingerprint density at radius 3 is 1.39 bits per heavy atom. The maximum Gasteiger partial charge on any atom is 0.248 e. The van der Waals surface area contributed by atoms with Crippen molar-refractivity contribution in [1.82, 2.24) is 20.6 Å². The van der Waals surface area contributed by atoms with Gasteiger partial charge in [0.2, 0.25) is 11.1 Å². The van der Waals surface area contributed by atoms with Gasteiger partial charge >= 0.3 is 0 Å². The number of aromatic amines is 2. The van der Waals surface area contributed by atoms with E-state index >= 15 is 0 Å². The van der Waals surface area contributed by atoms with Gasteiger partial charge in [-0.15, -0.1) is 0 Å². The van der Waals surface area contributed by atoms with Crippen molar-refractivity contribution in [2.75, 3.05) is 13.1 Å². The Hall–Kier alpha value is -2.18. The normalized spacial score (nSPS) is 21.6. The second-order valence-electron chi connectivity index (χ2n) is 13.4. The molecule has 0 saturated heterocycles. The van der Waals surface area contributed by atoms with Crippen molar-refractivity contribution in [3.8, 4) is 0 Å². The number of H-pyrrole nitrogens is 2. The summed E-state index contributed by atoms with van der Waals surface area (Å²) >= 11 is 0. The predicted molar refractivity (Wildman–Crippen MR) is 157 cm³/mol. The first kappa shape index (κ1) is 28.8. The summed E-state index contributed by atoms with van der Waals surface area (Å²) in [7, 11) is 0. The molecule has 2 atom stereocenters. The molecule has 4 N–H and O–H groups in total. The van der Waals surface area contributed by atoms with Gasteiger partial charge < -0.3 is 20.6 Å². The van der Waals surface area contributed by atoms with Crippen molar-refractivity contribution in [3.63, 3.8) is 0 Å². The minimum Gasteiger partial charge on any atom is -0.326 e. The lowest BCUT2D eigenvalue weighted by molar-refractivity contribution is 0.252. The van der Waals surface area contributed by atoms with Crippen LogP contribution < -0.4 is 21.8 Å². The molecule has 2 aliphatic rings. The fraction of sp³-hybridized carbons (Fsp3) is 0.688. The van der Waals surface area contributed by atoms with Crippen LogP contribution in [0.5, 0.6) is 0 Å². The van der Waals surface area contributed by atoms with Gasteiger partial charge in [-0.3, -0.25) is 9.59 Å². The zero-order valence-electron chi connectivity index (χ0n) is 24.2. The molecule has 6 heteroatoms. The van der Waals surface area contributed by atoms with Gasteiger partial charge in [0.1, 0.15) is 0 Å². The van der Waals surface area contributed by atoms with Gasteiger partial charge in [0.25, 0.3) is 0 Å². The lowest BCUT2D eigenvalue weighted by Crippen LogP contribution is -2.35. The van der Waals surface area contributed by atoms with E-state index in [1.54, 1.807) is 12.1 Å². The third kappa shape index (κ3) is 8.16. The number of fused-ring (bicyclic) bond motifs is 2. The monoisotopic (exact) mass is 522 g/mol. The van der Waals surface area contributed by atoms with Gasteiger partial charge in [-0.05, 0) is 73.6 Å². The Bertz CT molecular complexity index is 1070. The van der Waals surface area contributed by atoms with Crippen LogP contribution in [-0.4, -0.2) is 23.1 Å². The molecule has 0 saturated carbocycles. The molecular weight excluding hydrogens is 472 g/mol. The lowest BCUT2D eigenvalue weighted by Gasteiger charge is -2.37. The van der Waals surface area contributed by atoms with Crippen molar-refractivity contribution in [1.29, 1.82) is 0 Å².